The van der Waals surface area contributed by atoms with Crippen LogP contribution in [0.25, 0.3) is 10.8 Å². The van der Waals surface area contributed by atoms with Gasteiger partial charge >= 0.3 is 0 Å². The number of hydrogen-bond acceptors (Lipinski definition) is 4. The highest BCUT2D eigenvalue weighted by atomic mass is 16.3. The summed E-state index contributed by atoms with van der Waals surface area (Å²) in [4.78, 5) is 0. The van der Waals surface area contributed by atoms with Crippen LogP contribution in [0, 0.1) is 0 Å². The van der Waals surface area contributed by atoms with Crippen LogP contribution in [-0.4, -0.2) is 20.4 Å². The molecule has 140 valence electrons. The molecule has 4 rings (SSSR count). The standard InChI is InChI=1S/C24H20O4/c25-19-5-1-15(2-6-19)11-17-13-18(12-16-3-7-20(26)8-4-16)24(28)23-14-21(27)9-10-22(17)23/h1-10,13-14,25-28H,11-12H2. The maximum absolute atomic E-state index is 10.8. The van der Waals surface area contributed by atoms with Crippen molar-refractivity contribution in [3.8, 4) is 23.0 Å². The van der Waals surface area contributed by atoms with Gasteiger partial charge in [0.2, 0.25) is 0 Å². The Balaban J connectivity index is 1.81. The minimum atomic E-state index is 0.0974. The molecule has 0 unspecified atom stereocenters. The van der Waals surface area contributed by atoms with Gasteiger partial charge in [-0.1, -0.05) is 36.4 Å². The van der Waals surface area contributed by atoms with Crippen LogP contribution in [0.2, 0.25) is 0 Å². The Morgan fingerprint density at radius 3 is 1.54 bits per heavy atom. The van der Waals surface area contributed by atoms with Gasteiger partial charge in [-0.05, 0) is 70.5 Å². The molecule has 0 spiro atoms. The smallest absolute Gasteiger partial charge is 0.127 e. The van der Waals surface area contributed by atoms with Crippen molar-refractivity contribution in [3.05, 3.63) is 95.1 Å². The Bertz CT molecular complexity index is 1130. The summed E-state index contributed by atoms with van der Waals surface area (Å²) in [6.45, 7) is 0. The molecule has 0 aromatic heterocycles. The molecule has 4 N–H and O–H groups in total. The van der Waals surface area contributed by atoms with Gasteiger partial charge in [0.1, 0.15) is 23.0 Å². The van der Waals surface area contributed by atoms with Crippen molar-refractivity contribution >= 4 is 10.8 Å². The van der Waals surface area contributed by atoms with E-state index in [0.717, 1.165) is 27.6 Å². The molecular weight excluding hydrogens is 352 g/mol. The molecule has 0 aliphatic carbocycles. The van der Waals surface area contributed by atoms with E-state index in [1.807, 2.05) is 36.4 Å². The fourth-order valence-electron chi connectivity index (χ4n) is 3.49. The second kappa shape index (κ2) is 7.16. The van der Waals surface area contributed by atoms with Gasteiger partial charge in [-0.25, -0.2) is 0 Å². The first-order valence-electron chi connectivity index (χ1n) is 9.02. The lowest BCUT2D eigenvalue weighted by Gasteiger charge is -2.14. The Morgan fingerprint density at radius 1 is 0.464 bits per heavy atom. The third-order valence-electron chi connectivity index (χ3n) is 4.92. The van der Waals surface area contributed by atoms with E-state index in [9.17, 15) is 20.4 Å². The van der Waals surface area contributed by atoms with E-state index in [2.05, 4.69) is 0 Å². The van der Waals surface area contributed by atoms with Gasteiger partial charge in [0.25, 0.3) is 0 Å². The van der Waals surface area contributed by atoms with Gasteiger partial charge in [-0.15, -0.1) is 0 Å². The van der Waals surface area contributed by atoms with Crippen LogP contribution in [0.5, 0.6) is 23.0 Å². The summed E-state index contributed by atoms with van der Waals surface area (Å²) in [6.07, 6.45) is 1.13. The minimum absolute atomic E-state index is 0.0974. The summed E-state index contributed by atoms with van der Waals surface area (Å²) in [5.74, 6) is 0.662. The highest BCUT2D eigenvalue weighted by Crippen LogP contribution is 2.36. The molecule has 0 atom stereocenters. The van der Waals surface area contributed by atoms with E-state index < -0.39 is 0 Å². The molecule has 0 saturated heterocycles. The lowest BCUT2D eigenvalue weighted by atomic mass is 9.92. The second-order valence-corrected chi connectivity index (χ2v) is 6.96. The second-order valence-electron chi connectivity index (χ2n) is 6.96. The molecule has 0 heterocycles. The number of phenols is 4. The van der Waals surface area contributed by atoms with Crippen LogP contribution in [0.15, 0.2) is 72.8 Å². The van der Waals surface area contributed by atoms with Gasteiger partial charge in [-0.3, -0.25) is 0 Å². The third-order valence-corrected chi connectivity index (χ3v) is 4.92. The lowest BCUT2D eigenvalue weighted by Crippen LogP contribution is -1.96. The quantitative estimate of drug-likeness (QED) is 0.413. The molecule has 4 aromatic carbocycles. The summed E-state index contributed by atoms with van der Waals surface area (Å²) < 4.78 is 0. The van der Waals surface area contributed by atoms with Crippen LogP contribution in [0.3, 0.4) is 0 Å². The molecular formula is C24H20O4. The zero-order valence-electron chi connectivity index (χ0n) is 15.1. The number of phenolic OH excluding ortho intramolecular Hbond substituents is 4. The van der Waals surface area contributed by atoms with Crippen molar-refractivity contribution in [1.29, 1.82) is 0 Å². The molecule has 0 amide bonds. The number of aromatic hydroxyl groups is 4. The fourth-order valence-corrected chi connectivity index (χ4v) is 3.49. The molecule has 0 radical (unpaired) electrons. The summed E-state index contributed by atoms with van der Waals surface area (Å²) in [7, 11) is 0. The lowest BCUT2D eigenvalue weighted by molar-refractivity contribution is 0.469. The van der Waals surface area contributed by atoms with Crippen LogP contribution in [0.1, 0.15) is 22.3 Å². The molecule has 0 bridgehead atoms. The Morgan fingerprint density at radius 2 is 0.964 bits per heavy atom. The normalized spacial score (nSPS) is 11.0. The highest BCUT2D eigenvalue weighted by Gasteiger charge is 2.13. The first-order chi connectivity index (χ1) is 13.5. The van der Waals surface area contributed by atoms with Crippen molar-refractivity contribution in [2.75, 3.05) is 0 Å². The predicted octanol–water partition coefficient (Wildman–Crippen LogP) is 4.84. The first-order valence-corrected chi connectivity index (χ1v) is 9.02. The topological polar surface area (TPSA) is 80.9 Å². The number of hydrogen-bond donors (Lipinski definition) is 4. The molecule has 0 saturated carbocycles. The molecule has 0 fully saturated rings. The average Bonchev–Trinajstić information content (AvgIpc) is 2.69. The first kappa shape index (κ1) is 17.7. The largest absolute Gasteiger partial charge is 0.508 e. The Labute approximate surface area is 162 Å². The molecule has 0 aliphatic heterocycles. The average molecular weight is 372 g/mol. The van der Waals surface area contributed by atoms with Crippen LogP contribution >= 0.6 is 0 Å². The SMILES string of the molecule is Oc1ccc(Cc2cc(Cc3ccc(O)cc3)c3ccc(O)cc3c2O)cc1. The van der Waals surface area contributed by atoms with E-state index in [0.29, 0.717) is 18.2 Å². The number of benzene rings is 4. The van der Waals surface area contributed by atoms with Gasteiger partial charge in [0, 0.05) is 11.8 Å². The highest BCUT2D eigenvalue weighted by molar-refractivity contribution is 5.93. The summed E-state index contributed by atoms with van der Waals surface area (Å²) >= 11 is 0. The number of rotatable bonds is 4. The Kier molecular flexibility index (Phi) is 4.53. The fraction of sp³-hybridized carbons (Fsp3) is 0.0833. The maximum Gasteiger partial charge on any atom is 0.127 e. The Hall–Kier alpha value is -3.66. The molecule has 4 heteroatoms. The predicted molar refractivity (Wildman–Crippen MR) is 109 cm³/mol. The van der Waals surface area contributed by atoms with Crippen LogP contribution in [0.4, 0.5) is 0 Å². The van der Waals surface area contributed by atoms with Crippen molar-refractivity contribution < 1.29 is 20.4 Å². The maximum atomic E-state index is 10.8. The van der Waals surface area contributed by atoms with E-state index in [1.165, 1.54) is 0 Å². The van der Waals surface area contributed by atoms with Gasteiger partial charge in [0.15, 0.2) is 0 Å². The minimum Gasteiger partial charge on any atom is -0.508 e. The summed E-state index contributed by atoms with van der Waals surface area (Å²) in [6, 6.07) is 20.9. The van der Waals surface area contributed by atoms with E-state index in [1.54, 1.807) is 36.4 Å². The van der Waals surface area contributed by atoms with Crippen molar-refractivity contribution in [1.82, 2.24) is 0 Å². The molecule has 0 aliphatic rings. The van der Waals surface area contributed by atoms with Crippen molar-refractivity contribution in [2.24, 2.45) is 0 Å². The monoisotopic (exact) mass is 372 g/mol. The van der Waals surface area contributed by atoms with E-state index in [-0.39, 0.29) is 23.0 Å². The zero-order chi connectivity index (χ0) is 19.7. The van der Waals surface area contributed by atoms with Crippen molar-refractivity contribution in [2.45, 2.75) is 12.8 Å². The molecule has 4 aromatic rings. The van der Waals surface area contributed by atoms with Crippen molar-refractivity contribution in [3.63, 3.8) is 0 Å². The van der Waals surface area contributed by atoms with Gasteiger partial charge in [-0.2, -0.15) is 0 Å². The van der Waals surface area contributed by atoms with E-state index in [4.69, 9.17) is 0 Å². The van der Waals surface area contributed by atoms with Gasteiger partial charge in [0.05, 0.1) is 0 Å². The number of fused-ring (bicyclic) bond motifs is 1. The van der Waals surface area contributed by atoms with Crippen LogP contribution in [-0.2, 0) is 12.8 Å². The van der Waals surface area contributed by atoms with E-state index >= 15 is 0 Å². The van der Waals surface area contributed by atoms with Crippen LogP contribution < -0.4 is 0 Å². The van der Waals surface area contributed by atoms with Gasteiger partial charge < -0.3 is 20.4 Å². The molecule has 28 heavy (non-hydrogen) atoms. The molecule has 4 nitrogen and oxygen atoms in total. The third kappa shape index (κ3) is 3.58. The summed E-state index contributed by atoms with van der Waals surface area (Å²) in [5, 5.41) is 41.2. The summed E-state index contributed by atoms with van der Waals surface area (Å²) in [5.41, 5.74) is 3.77. The zero-order valence-corrected chi connectivity index (χ0v) is 15.1.